The SMILES string of the molecule is NS(=O)(=O)c1ccccc1N(c1cccc(Br)c1)S(=O)[O-]. The lowest BCUT2D eigenvalue weighted by atomic mass is 10.2. The first-order valence-corrected chi connectivity index (χ1v) is 8.95. The van der Waals surface area contributed by atoms with Gasteiger partial charge in [0.1, 0.15) is 4.90 Å². The van der Waals surface area contributed by atoms with Crippen LogP contribution in [0, 0.1) is 0 Å². The van der Waals surface area contributed by atoms with Crippen molar-refractivity contribution in [3.05, 3.63) is 53.0 Å². The summed E-state index contributed by atoms with van der Waals surface area (Å²) >= 11 is 0.523. The monoisotopic (exact) mass is 389 g/mol. The zero-order valence-corrected chi connectivity index (χ0v) is 13.7. The maximum Gasteiger partial charge on any atom is 0.240 e. The average Bonchev–Trinajstić information content (AvgIpc) is 2.38. The van der Waals surface area contributed by atoms with Crippen LogP contribution >= 0.6 is 15.9 Å². The van der Waals surface area contributed by atoms with E-state index in [1.165, 1.54) is 24.3 Å². The lowest BCUT2D eigenvalue weighted by molar-refractivity contribution is 0.537. The molecule has 2 N–H and O–H groups in total. The van der Waals surface area contributed by atoms with Gasteiger partial charge in [-0.3, -0.25) is 8.51 Å². The lowest BCUT2D eigenvalue weighted by Gasteiger charge is -2.28. The van der Waals surface area contributed by atoms with Crippen molar-refractivity contribution >= 4 is 48.6 Å². The first-order chi connectivity index (χ1) is 9.80. The molecule has 0 saturated heterocycles. The van der Waals surface area contributed by atoms with Crippen molar-refractivity contribution < 1.29 is 17.2 Å². The van der Waals surface area contributed by atoms with Gasteiger partial charge in [0.05, 0.1) is 22.6 Å². The number of nitrogens with two attached hydrogens (primary N) is 1. The smallest absolute Gasteiger partial charge is 0.240 e. The molecule has 1 atom stereocenters. The van der Waals surface area contributed by atoms with Crippen LogP contribution in [0.15, 0.2) is 57.9 Å². The first-order valence-electron chi connectivity index (χ1n) is 5.57. The van der Waals surface area contributed by atoms with Gasteiger partial charge in [0, 0.05) is 4.47 Å². The number of nitrogens with zero attached hydrogens (tertiary/aromatic N) is 1. The zero-order chi connectivity index (χ0) is 15.6. The summed E-state index contributed by atoms with van der Waals surface area (Å²) in [6.07, 6.45) is 0. The summed E-state index contributed by atoms with van der Waals surface area (Å²) in [5.74, 6) is 0. The largest absolute Gasteiger partial charge is 0.755 e. The highest BCUT2D eigenvalue weighted by atomic mass is 79.9. The number of hydrogen-bond donors (Lipinski definition) is 1. The molecule has 0 bridgehead atoms. The summed E-state index contributed by atoms with van der Waals surface area (Å²) in [5, 5.41) is 5.14. The molecule has 0 heterocycles. The third-order valence-electron chi connectivity index (χ3n) is 2.58. The second-order valence-electron chi connectivity index (χ2n) is 4.00. The van der Waals surface area contributed by atoms with Crippen LogP contribution in [-0.2, 0) is 21.3 Å². The highest BCUT2D eigenvalue weighted by molar-refractivity contribution is 9.10. The Labute approximate surface area is 133 Å². The van der Waals surface area contributed by atoms with Crippen LogP contribution in [0.25, 0.3) is 0 Å². The highest BCUT2D eigenvalue weighted by Gasteiger charge is 2.20. The van der Waals surface area contributed by atoms with Gasteiger partial charge in [0.25, 0.3) is 0 Å². The molecule has 0 spiro atoms. The van der Waals surface area contributed by atoms with Gasteiger partial charge in [0.15, 0.2) is 0 Å². The van der Waals surface area contributed by atoms with Crippen molar-refractivity contribution in [2.24, 2.45) is 5.14 Å². The minimum absolute atomic E-state index is 0.0357. The van der Waals surface area contributed by atoms with E-state index < -0.39 is 21.3 Å². The van der Waals surface area contributed by atoms with Gasteiger partial charge in [-0.15, -0.1) is 0 Å². The minimum Gasteiger partial charge on any atom is -0.755 e. The van der Waals surface area contributed by atoms with Crippen molar-refractivity contribution in [2.75, 3.05) is 4.31 Å². The molecule has 0 aliphatic heterocycles. The quantitative estimate of drug-likeness (QED) is 0.807. The predicted molar refractivity (Wildman–Crippen MR) is 83.0 cm³/mol. The van der Waals surface area contributed by atoms with Crippen LogP contribution < -0.4 is 9.44 Å². The number of hydrogen-bond acceptors (Lipinski definition) is 4. The third kappa shape index (κ3) is 3.69. The molecule has 0 aliphatic carbocycles. The second kappa shape index (κ2) is 6.24. The van der Waals surface area contributed by atoms with Crippen LogP contribution in [0.4, 0.5) is 11.4 Å². The van der Waals surface area contributed by atoms with E-state index in [0.29, 0.717) is 4.47 Å². The van der Waals surface area contributed by atoms with Crippen molar-refractivity contribution in [2.45, 2.75) is 4.90 Å². The van der Waals surface area contributed by atoms with E-state index in [4.69, 9.17) is 5.14 Å². The lowest BCUT2D eigenvalue weighted by Crippen LogP contribution is -2.23. The molecule has 0 aliphatic rings. The van der Waals surface area contributed by atoms with Crippen LogP contribution in [-0.4, -0.2) is 17.2 Å². The molecule has 112 valence electrons. The Morgan fingerprint density at radius 1 is 1.14 bits per heavy atom. The third-order valence-corrected chi connectivity index (χ3v) is 4.74. The number of anilines is 2. The number of sulfonamides is 1. The van der Waals surface area contributed by atoms with Gasteiger partial charge in [0.2, 0.25) is 10.0 Å². The van der Waals surface area contributed by atoms with Crippen molar-refractivity contribution in [3.8, 4) is 0 Å². The van der Waals surface area contributed by atoms with Crippen LogP contribution in [0.1, 0.15) is 0 Å². The Bertz CT molecular complexity index is 795. The maximum atomic E-state index is 11.6. The molecule has 0 saturated carbocycles. The molecule has 21 heavy (non-hydrogen) atoms. The van der Waals surface area contributed by atoms with Gasteiger partial charge in [-0.2, -0.15) is 0 Å². The Balaban J connectivity index is 2.68. The summed E-state index contributed by atoms with van der Waals surface area (Å²) in [7, 11) is -4.06. The van der Waals surface area contributed by atoms with Crippen molar-refractivity contribution in [3.63, 3.8) is 0 Å². The summed E-state index contributed by atoms with van der Waals surface area (Å²) in [6, 6.07) is 12.1. The summed E-state index contributed by atoms with van der Waals surface area (Å²) in [4.78, 5) is -0.269. The number of primary sulfonamides is 1. The van der Waals surface area contributed by atoms with E-state index in [1.807, 2.05) is 0 Å². The van der Waals surface area contributed by atoms with Gasteiger partial charge in [-0.1, -0.05) is 34.1 Å². The fraction of sp³-hybridized carbons (Fsp3) is 0. The molecule has 1 unspecified atom stereocenters. The molecule has 0 fully saturated rings. The number of halogens is 1. The fourth-order valence-electron chi connectivity index (χ4n) is 1.77. The van der Waals surface area contributed by atoms with E-state index in [-0.39, 0.29) is 16.3 Å². The summed E-state index contributed by atoms with van der Waals surface area (Å²) in [6.45, 7) is 0. The molecule has 0 radical (unpaired) electrons. The van der Waals surface area contributed by atoms with Gasteiger partial charge in [-0.05, 0) is 30.3 Å². The molecular formula is C12H10BrN2O4S2-. The fourth-order valence-corrected chi connectivity index (χ4v) is 3.54. The molecule has 2 aromatic carbocycles. The second-order valence-corrected chi connectivity index (χ2v) is 7.25. The standard InChI is InChI=1S/C12H11BrN2O4S2/c13-9-4-3-5-10(8-9)15(20(16)17)11-6-1-2-7-12(11)21(14,18)19/h1-8H,(H,16,17)(H2,14,18,19)/p-1. The minimum atomic E-state index is -4.06. The maximum absolute atomic E-state index is 11.6. The molecule has 9 heteroatoms. The molecule has 2 aromatic rings. The topological polar surface area (TPSA) is 104 Å². The Morgan fingerprint density at radius 2 is 1.81 bits per heavy atom. The number of para-hydroxylation sites is 1. The molecule has 6 nitrogen and oxygen atoms in total. The first kappa shape index (κ1) is 16.1. The van der Waals surface area contributed by atoms with Crippen LogP contribution in [0.2, 0.25) is 0 Å². The van der Waals surface area contributed by atoms with Crippen LogP contribution in [0.3, 0.4) is 0 Å². The normalized spacial score (nSPS) is 12.9. The van der Waals surface area contributed by atoms with E-state index in [9.17, 15) is 17.2 Å². The van der Waals surface area contributed by atoms with Crippen LogP contribution in [0.5, 0.6) is 0 Å². The zero-order valence-electron chi connectivity index (χ0n) is 10.5. The highest BCUT2D eigenvalue weighted by Crippen LogP contribution is 2.33. The number of rotatable bonds is 4. The summed E-state index contributed by atoms with van der Waals surface area (Å²) < 4.78 is 47.9. The van der Waals surface area contributed by atoms with E-state index in [0.717, 1.165) is 4.31 Å². The predicted octanol–water partition coefficient (Wildman–Crippen LogP) is 2.03. The van der Waals surface area contributed by atoms with E-state index >= 15 is 0 Å². The van der Waals surface area contributed by atoms with Gasteiger partial charge >= 0.3 is 0 Å². The van der Waals surface area contributed by atoms with Crippen molar-refractivity contribution in [1.82, 2.24) is 0 Å². The Kier molecular flexibility index (Phi) is 4.79. The van der Waals surface area contributed by atoms with Gasteiger partial charge < -0.3 is 4.55 Å². The molecular weight excluding hydrogens is 380 g/mol. The molecule has 2 rings (SSSR count). The molecule has 0 amide bonds. The van der Waals surface area contributed by atoms with Crippen molar-refractivity contribution in [1.29, 1.82) is 0 Å². The van der Waals surface area contributed by atoms with E-state index in [1.54, 1.807) is 24.3 Å². The number of benzene rings is 2. The van der Waals surface area contributed by atoms with E-state index in [2.05, 4.69) is 15.9 Å². The Hall–Kier alpha value is -1.26. The van der Waals surface area contributed by atoms with Gasteiger partial charge in [-0.25, -0.2) is 13.6 Å². The molecule has 0 aromatic heterocycles. The summed E-state index contributed by atoms with van der Waals surface area (Å²) in [5.41, 5.74) is 0.250. The average molecular weight is 390 g/mol. The Morgan fingerprint density at radius 3 is 2.38 bits per heavy atom.